The van der Waals surface area contributed by atoms with Crippen molar-refractivity contribution in [2.75, 3.05) is 7.05 Å². The van der Waals surface area contributed by atoms with Gasteiger partial charge in [-0.15, -0.1) is 0 Å². The van der Waals surface area contributed by atoms with E-state index in [0.717, 1.165) is 28.2 Å². The van der Waals surface area contributed by atoms with Crippen molar-refractivity contribution in [1.29, 1.82) is 0 Å². The molecule has 0 unspecified atom stereocenters. The molecule has 2 aromatic rings. The summed E-state index contributed by atoms with van der Waals surface area (Å²) < 4.78 is 0. The number of imide groups is 2. The highest BCUT2D eigenvalue weighted by atomic mass is 16.2. The number of nitrogens with one attached hydrogen (secondary N) is 1. The minimum Gasteiger partial charge on any atom is -0.345 e. The topological polar surface area (TPSA) is 86.8 Å². The van der Waals surface area contributed by atoms with Crippen molar-refractivity contribution in [1.82, 2.24) is 15.1 Å². The van der Waals surface area contributed by atoms with Crippen LogP contribution in [0, 0.1) is 0 Å². The zero-order chi connectivity index (χ0) is 19.8. The van der Waals surface area contributed by atoms with E-state index >= 15 is 0 Å². The highest BCUT2D eigenvalue weighted by molar-refractivity contribution is 6.44. The van der Waals surface area contributed by atoms with E-state index in [-0.39, 0.29) is 18.5 Å². The van der Waals surface area contributed by atoms with E-state index in [9.17, 15) is 19.2 Å². The summed E-state index contributed by atoms with van der Waals surface area (Å²) in [6, 6.07) is 14.1. The fraction of sp³-hybridized carbons (Fsp3) is 0.238. The van der Waals surface area contributed by atoms with Gasteiger partial charge in [0.1, 0.15) is 0 Å². The van der Waals surface area contributed by atoms with Gasteiger partial charge >= 0.3 is 17.8 Å². The van der Waals surface area contributed by atoms with Gasteiger partial charge in [0.15, 0.2) is 0 Å². The lowest BCUT2D eigenvalue weighted by Gasteiger charge is -2.15. The molecule has 1 N–H and O–H groups in total. The molecule has 1 heterocycles. The van der Waals surface area contributed by atoms with Gasteiger partial charge in [-0.3, -0.25) is 24.2 Å². The van der Waals surface area contributed by atoms with Crippen LogP contribution in [0.3, 0.4) is 0 Å². The molecule has 1 atom stereocenters. The summed E-state index contributed by atoms with van der Waals surface area (Å²) in [5, 5.41) is 3.06. The molecule has 1 aliphatic heterocycles. The number of urea groups is 1. The number of hydrogen-bond donors (Lipinski definition) is 1. The first-order chi connectivity index (χ1) is 13.5. The molecule has 4 rings (SSSR count). The summed E-state index contributed by atoms with van der Waals surface area (Å²) in [6.45, 7) is -0.00829. The second-order valence-electron chi connectivity index (χ2n) is 7.00. The first-order valence-electron chi connectivity index (χ1n) is 9.07. The average molecular weight is 377 g/mol. The standard InChI is InChI=1S/C21H19N3O4/c1-23-19(26)20(27)24(21(23)28)12-13-6-8-15(9-7-13)18(25)22-17-11-10-14-4-2-3-5-16(14)17/h2-9,17H,10-12H2,1H3,(H,22,25)/t17-/m1/s1. The van der Waals surface area contributed by atoms with Crippen LogP contribution < -0.4 is 5.32 Å². The molecule has 0 spiro atoms. The normalized spacial score (nSPS) is 18.6. The molecule has 7 heteroatoms. The zero-order valence-electron chi connectivity index (χ0n) is 15.3. The van der Waals surface area contributed by atoms with Gasteiger partial charge in [0, 0.05) is 12.6 Å². The van der Waals surface area contributed by atoms with Gasteiger partial charge in [-0.05, 0) is 41.7 Å². The predicted octanol–water partition coefficient (Wildman–Crippen LogP) is 2.02. The maximum atomic E-state index is 12.6. The van der Waals surface area contributed by atoms with Gasteiger partial charge in [-0.2, -0.15) is 0 Å². The Morgan fingerprint density at radius 1 is 1.04 bits per heavy atom. The number of carbonyl (C=O) groups excluding carboxylic acids is 4. The summed E-state index contributed by atoms with van der Waals surface area (Å²) in [6.07, 6.45) is 1.83. The van der Waals surface area contributed by atoms with Crippen LogP contribution in [-0.2, 0) is 22.6 Å². The van der Waals surface area contributed by atoms with E-state index in [0.29, 0.717) is 11.1 Å². The summed E-state index contributed by atoms with van der Waals surface area (Å²) in [4.78, 5) is 49.6. The Balaban J connectivity index is 1.42. The summed E-state index contributed by atoms with van der Waals surface area (Å²) >= 11 is 0. The number of likely N-dealkylation sites (N-methyl/N-ethyl adjacent to an activating group) is 1. The molecule has 7 nitrogen and oxygen atoms in total. The lowest BCUT2D eigenvalue weighted by atomic mass is 10.1. The average Bonchev–Trinajstić information content (AvgIpc) is 3.19. The Bertz CT molecular complexity index is 983. The largest absolute Gasteiger partial charge is 0.345 e. The van der Waals surface area contributed by atoms with Crippen molar-refractivity contribution >= 4 is 23.8 Å². The molecule has 5 amide bonds. The van der Waals surface area contributed by atoms with Crippen LogP contribution in [0.5, 0.6) is 0 Å². The third-order valence-corrected chi connectivity index (χ3v) is 5.25. The summed E-state index contributed by atoms with van der Waals surface area (Å²) in [5.74, 6) is -1.84. The van der Waals surface area contributed by atoms with Crippen molar-refractivity contribution in [3.63, 3.8) is 0 Å². The van der Waals surface area contributed by atoms with Crippen LogP contribution in [-0.4, -0.2) is 40.6 Å². The Morgan fingerprint density at radius 3 is 2.43 bits per heavy atom. The predicted molar refractivity (Wildman–Crippen MR) is 100 cm³/mol. The molecule has 0 saturated carbocycles. The number of amides is 5. The Morgan fingerprint density at radius 2 is 1.75 bits per heavy atom. The summed E-state index contributed by atoms with van der Waals surface area (Å²) in [5.41, 5.74) is 3.59. The van der Waals surface area contributed by atoms with Crippen LogP contribution >= 0.6 is 0 Å². The monoisotopic (exact) mass is 377 g/mol. The smallest absolute Gasteiger partial charge is 0.334 e. The quantitative estimate of drug-likeness (QED) is 0.652. The summed E-state index contributed by atoms with van der Waals surface area (Å²) in [7, 11) is 1.27. The molecule has 0 bridgehead atoms. The fourth-order valence-electron chi connectivity index (χ4n) is 3.65. The lowest BCUT2D eigenvalue weighted by molar-refractivity contribution is -0.143. The number of fused-ring (bicyclic) bond motifs is 1. The molecule has 1 saturated heterocycles. The highest BCUT2D eigenvalue weighted by Crippen LogP contribution is 2.30. The van der Waals surface area contributed by atoms with Crippen LogP contribution in [0.25, 0.3) is 0 Å². The third-order valence-electron chi connectivity index (χ3n) is 5.25. The number of hydrogen-bond acceptors (Lipinski definition) is 4. The minimum absolute atomic E-state index is 0.00442. The van der Waals surface area contributed by atoms with Gasteiger partial charge in [-0.25, -0.2) is 4.79 Å². The molecule has 2 aromatic carbocycles. The van der Waals surface area contributed by atoms with E-state index in [1.807, 2.05) is 18.2 Å². The first kappa shape index (κ1) is 17.9. The molecular formula is C21H19N3O4. The van der Waals surface area contributed by atoms with Gasteiger partial charge in [-0.1, -0.05) is 36.4 Å². The second-order valence-corrected chi connectivity index (χ2v) is 7.00. The van der Waals surface area contributed by atoms with Crippen molar-refractivity contribution in [2.45, 2.75) is 25.4 Å². The van der Waals surface area contributed by atoms with E-state index < -0.39 is 17.8 Å². The molecule has 2 aliphatic rings. The van der Waals surface area contributed by atoms with Crippen LogP contribution in [0.1, 0.15) is 39.5 Å². The fourth-order valence-corrected chi connectivity index (χ4v) is 3.65. The van der Waals surface area contributed by atoms with Gasteiger partial charge < -0.3 is 5.32 Å². The SMILES string of the molecule is CN1C(=O)C(=O)N(Cc2ccc(C(=O)N[C@@H]3CCc4ccccc43)cc2)C1=O. The van der Waals surface area contributed by atoms with Crippen LogP contribution in [0.4, 0.5) is 4.79 Å². The molecule has 1 aliphatic carbocycles. The second kappa shape index (κ2) is 6.92. The molecule has 142 valence electrons. The number of nitrogens with zero attached hydrogens (tertiary/aromatic N) is 2. The van der Waals surface area contributed by atoms with Gasteiger partial charge in [0.2, 0.25) is 0 Å². The number of rotatable bonds is 4. The number of aryl methyl sites for hydroxylation is 1. The molecular weight excluding hydrogens is 358 g/mol. The van der Waals surface area contributed by atoms with E-state index in [1.165, 1.54) is 12.6 Å². The Kier molecular flexibility index (Phi) is 4.43. The number of carbonyl (C=O) groups is 4. The first-order valence-corrected chi connectivity index (χ1v) is 9.07. The highest BCUT2D eigenvalue weighted by Gasteiger charge is 2.42. The molecule has 0 radical (unpaired) electrons. The molecule has 0 aromatic heterocycles. The zero-order valence-corrected chi connectivity index (χ0v) is 15.3. The Labute approximate surface area is 161 Å². The van der Waals surface area contributed by atoms with Crippen LogP contribution in [0.2, 0.25) is 0 Å². The van der Waals surface area contributed by atoms with Crippen molar-refractivity contribution < 1.29 is 19.2 Å². The third kappa shape index (κ3) is 3.05. The molecule has 28 heavy (non-hydrogen) atoms. The number of benzene rings is 2. The molecule has 1 fully saturated rings. The maximum Gasteiger partial charge on any atom is 0.334 e. The van der Waals surface area contributed by atoms with Crippen LogP contribution in [0.15, 0.2) is 48.5 Å². The van der Waals surface area contributed by atoms with Crippen molar-refractivity contribution in [3.8, 4) is 0 Å². The van der Waals surface area contributed by atoms with Gasteiger partial charge in [0.25, 0.3) is 5.91 Å². The lowest BCUT2D eigenvalue weighted by Crippen LogP contribution is -2.31. The van der Waals surface area contributed by atoms with E-state index in [1.54, 1.807) is 24.3 Å². The van der Waals surface area contributed by atoms with Crippen molar-refractivity contribution in [2.24, 2.45) is 0 Å². The van der Waals surface area contributed by atoms with E-state index in [2.05, 4.69) is 11.4 Å². The van der Waals surface area contributed by atoms with Crippen molar-refractivity contribution in [3.05, 3.63) is 70.8 Å². The Hall–Kier alpha value is -3.48. The van der Waals surface area contributed by atoms with E-state index in [4.69, 9.17) is 0 Å². The minimum atomic E-state index is -0.839. The van der Waals surface area contributed by atoms with Gasteiger partial charge in [0.05, 0.1) is 12.6 Å². The maximum absolute atomic E-state index is 12.6.